The zero-order valence-corrected chi connectivity index (χ0v) is 12.8. The molecule has 1 aromatic carbocycles. The van der Waals surface area contributed by atoms with Crippen molar-refractivity contribution in [3.8, 4) is 5.75 Å². The molecule has 0 spiro atoms. The van der Waals surface area contributed by atoms with Crippen LogP contribution in [0.15, 0.2) is 43.0 Å². The van der Waals surface area contributed by atoms with Crippen molar-refractivity contribution in [2.75, 3.05) is 0 Å². The maximum Gasteiger partial charge on any atom is 0.333 e. The maximum atomic E-state index is 11.3. The van der Waals surface area contributed by atoms with E-state index in [0.29, 0.717) is 12.2 Å². The highest BCUT2D eigenvalue weighted by Crippen LogP contribution is 2.24. The number of carbonyl (C=O) groups excluding carboxylic acids is 1. The van der Waals surface area contributed by atoms with Gasteiger partial charge in [0.2, 0.25) is 0 Å². The second kappa shape index (κ2) is 7.64. The third-order valence-corrected chi connectivity index (χ3v) is 2.74. The Morgan fingerprint density at radius 3 is 2.67 bits per heavy atom. The molecule has 21 heavy (non-hydrogen) atoms. The van der Waals surface area contributed by atoms with Gasteiger partial charge in [-0.1, -0.05) is 36.4 Å². The number of ether oxygens (including phenoxy) is 2. The molecular formula is C17H22O4. The van der Waals surface area contributed by atoms with Crippen molar-refractivity contribution in [1.29, 1.82) is 0 Å². The Balaban J connectivity index is 2.99. The van der Waals surface area contributed by atoms with Gasteiger partial charge >= 0.3 is 5.97 Å². The van der Waals surface area contributed by atoms with Gasteiger partial charge in [0.05, 0.1) is 0 Å². The molecule has 0 radical (unpaired) electrons. The minimum Gasteiger partial charge on any atom is -0.452 e. The minimum atomic E-state index is -1.08. The van der Waals surface area contributed by atoms with Gasteiger partial charge in [-0.05, 0) is 38.8 Å². The number of aliphatic hydroxyl groups excluding tert-OH is 1. The van der Waals surface area contributed by atoms with Crippen molar-refractivity contribution < 1.29 is 19.4 Å². The SMILES string of the molecule is C=CC(=O)OC(Oc1ccc(C)cc1CC(=C)C)C(C)O. The molecule has 4 heteroatoms. The summed E-state index contributed by atoms with van der Waals surface area (Å²) in [4.78, 5) is 11.3. The van der Waals surface area contributed by atoms with Gasteiger partial charge < -0.3 is 14.6 Å². The molecule has 0 aromatic heterocycles. The predicted molar refractivity (Wildman–Crippen MR) is 82.1 cm³/mol. The van der Waals surface area contributed by atoms with Crippen LogP contribution >= 0.6 is 0 Å². The first-order valence-corrected chi connectivity index (χ1v) is 6.75. The van der Waals surface area contributed by atoms with Gasteiger partial charge in [0.1, 0.15) is 11.9 Å². The van der Waals surface area contributed by atoms with Crippen molar-refractivity contribution in [2.24, 2.45) is 0 Å². The molecule has 0 amide bonds. The van der Waals surface area contributed by atoms with Crippen LogP contribution in [0.3, 0.4) is 0 Å². The van der Waals surface area contributed by atoms with Gasteiger partial charge in [0.15, 0.2) is 0 Å². The van der Waals surface area contributed by atoms with Crippen molar-refractivity contribution in [2.45, 2.75) is 39.6 Å². The topological polar surface area (TPSA) is 55.8 Å². The Labute approximate surface area is 125 Å². The zero-order valence-electron chi connectivity index (χ0n) is 12.8. The van der Waals surface area contributed by atoms with E-state index < -0.39 is 18.4 Å². The van der Waals surface area contributed by atoms with E-state index in [2.05, 4.69) is 13.2 Å². The van der Waals surface area contributed by atoms with E-state index in [-0.39, 0.29) is 0 Å². The summed E-state index contributed by atoms with van der Waals surface area (Å²) in [6, 6.07) is 5.68. The van der Waals surface area contributed by atoms with Gasteiger partial charge in [0, 0.05) is 6.08 Å². The molecular weight excluding hydrogens is 268 g/mol. The lowest BCUT2D eigenvalue weighted by Gasteiger charge is -2.23. The van der Waals surface area contributed by atoms with E-state index in [9.17, 15) is 9.90 Å². The van der Waals surface area contributed by atoms with Crippen LogP contribution < -0.4 is 4.74 Å². The minimum absolute atomic E-state index is 0.561. The molecule has 1 rings (SSSR count). The van der Waals surface area contributed by atoms with Crippen LogP contribution in [-0.4, -0.2) is 23.5 Å². The van der Waals surface area contributed by atoms with Crippen LogP contribution in [0.5, 0.6) is 5.75 Å². The quantitative estimate of drug-likeness (QED) is 0.363. The van der Waals surface area contributed by atoms with Gasteiger partial charge in [-0.3, -0.25) is 0 Å². The highest BCUT2D eigenvalue weighted by molar-refractivity contribution is 5.81. The number of rotatable bonds is 7. The number of aliphatic hydroxyl groups is 1. The molecule has 0 saturated heterocycles. The normalized spacial score (nSPS) is 13.1. The Morgan fingerprint density at radius 1 is 1.48 bits per heavy atom. The van der Waals surface area contributed by atoms with Gasteiger partial charge in [-0.15, -0.1) is 0 Å². The van der Waals surface area contributed by atoms with E-state index in [4.69, 9.17) is 9.47 Å². The monoisotopic (exact) mass is 290 g/mol. The predicted octanol–water partition coefficient (Wildman–Crippen LogP) is 2.93. The molecule has 0 heterocycles. The lowest BCUT2D eigenvalue weighted by Crippen LogP contribution is -2.34. The van der Waals surface area contributed by atoms with Crippen LogP contribution in [0.25, 0.3) is 0 Å². The van der Waals surface area contributed by atoms with E-state index in [1.165, 1.54) is 6.92 Å². The van der Waals surface area contributed by atoms with E-state index in [1.54, 1.807) is 6.07 Å². The van der Waals surface area contributed by atoms with Gasteiger partial charge in [0.25, 0.3) is 6.29 Å². The zero-order chi connectivity index (χ0) is 16.0. The van der Waals surface area contributed by atoms with Crippen molar-refractivity contribution in [3.63, 3.8) is 0 Å². The standard InChI is InChI=1S/C17H22O4/c1-6-16(19)21-17(13(5)18)20-15-8-7-12(4)10-14(15)9-11(2)3/h6-8,10,13,17-18H,1-2,9H2,3-5H3. The number of allylic oxidation sites excluding steroid dienone is 1. The fourth-order valence-electron chi connectivity index (χ4n) is 1.80. The molecule has 0 aliphatic heterocycles. The summed E-state index contributed by atoms with van der Waals surface area (Å²) in [5.41, 5.74) is 3.01. The molecule has 0 aliphatic rings. The van der Waals surface area contributed by atoms with Crippen LogP contribution in [0, 0.1) is 6.92 Å². The summed E-state index contributed by atoms with van der Waals surface area (Å²) in [5, 5.41) is 9.69. The molecule has 0 fully saturated rings. The molecule has 2 atom stereocenters. The van der Waals surface area contributed by atoms with Gasteiger partial charge in [-0.2, -0.15) is 0 Å². The number of aryl methyl sites for hydroxylation is 1. The highest BCUT2D eigenvalue weighted by Gasteiger charge is 2.21. The molecule has 2 unspecified atom stereocenters. The second-order valence-corrected chi connectivity index (χ2v) is 5.11. The molecule has 114 valence electrons. The largest absolute Gasteiger partial charge is 0.452 e. The Kier molecular flexibility index (Phi) is 6.18. The molecule has 1 aromatic rings. The summed E-state index contributed by atoms with van der Waals surface area (Å²) < 4.78 is 10.7. The fourth-order valence-corrected chi connectivity index (χ4v) is 1.80. The first-order valence-electron chi connectivity index (χ1n) is 6.75. The number of hydrogen-bond donors (Lipinski definition) is 1. The number of esters is 1. The van der Waals surface area contributed by atoms with Crippen LogP contribution in [0.1, 0.15) is 25.0 Å². The molecule has 0 bridgehead atoms. The van der Waals surface area contributed by atoms with Crippen LogP contribution in [0.4, 0.5) is 0 Å². The lowest BCUT2D eigenvalue weighted by molar-refractivity contribution is -0.172. The van der Waals surface area contributed by atoms with Crippen molar-refractivity contribution in [1.82, 2.24) is 0 Å². The molecule has 0 saturated carbocycles. The first-order chi connectivity index (χ1) is 9.83. The number of carbonyl (C=O) groups is 1. The second-order valence-electron chi connectivity index (χ2n) is 5.11. The smallest absolute Gasteiger partial charge is 0.333 e. The summed E-state index contributed by atoms with van der Waals surface area (Å²) in [5.74, 6) is -0.0826. The Bertz CT molecular complexity index is 532. The van der Waals surface area contributed by atoms with Crippen molar-refractivity contribution in [3.05, 3.63) is 54.1 Å². The fraction of sp³-hybridized carbons (Fsp3) is 0.353. The van der Waals surface area contributed by atoms with Crippen molar-refractivity contribution >= 4 is 5.97 Å². The first kappa shape index (κ1) is 17.0. The Hall–Kier alpha value is -2.07. The molecule has 0 aliphatic carbocycles. The third kappa shape index (κ3) is 5.44. The highest BCUT2D eigenvalue weighted by atomic mass is 16.7. The summed E-state index contributed by atoms with van der Waals surface area (Å²) >= 11 is 0. The van der Waals surface area contributed by atoms with Crippen LogP contribution in [0.2, 0.25) is 0 Å². The summed E-state index contributed by atoms with van der Waals surface area (Å²) in [6.45, 7) is 12.6. The molecule has 4 nitrogen and oxygen atoms in total. The van der Waals surface area contributed by atoms with Crippen LogP contribution in [-0.2, 0) is 16.0 Å². The number of hydrogen-bond acceptors (Lipinski definition) is 4. The summed E-state index contributed by atoms with van der Waals surface area (Å²) in [6.07, 6.45) is -0.364. The maximum absolute atomic E-state index is 11.3. The number of benzene rings is 1. The van der Waals surface area contributed by atoms with E-state index >= 15 is 0 Å². The lowest BCUT2D eigenvalue weighted by atomic mass is 10.0. The average Bonchev–Trinajstić information content (AvgIpc) is 2.39. The summed E-state index contributed by atoms with van der Waals surface area (Å²) in [7, 11) is 0. The van der Waals surface area contributed by atoms with E-state index in [1.807, 2.05) is 26.0 Å². The average molecular weight is 290 g/mol. The van der Waals surface area contributed by atoms with E-state index in [0.717, 1.165) is 22.8 Å². The van der Waals surface area contributed by atoms with Gasteiger partial charge in [-0.25, -0.2) is 4.79 Å². The third-order valence-electron chi connectivity index (χ3n) is 2.74. The molecule has 1 N–H and O–H groups in total. The Morgan fingerprint density at radius 2 is 2.14 bits per heavy atom.